The molecule has 2 aliphatic carbocycles. The van der Waals surface area contributed by atoms with Gasteiger partial charge in [-0.15, -0.1) is 0 Å². The molecule has 0 heteroatoms. The first-order valence-electron chi connectivity index (χ1n) is 7.31. The van der Waals surface area contributed by atoms with Crippen molar-refractivity contribution in [2.24, 2.45) is 17.8 Å². The van der Waals surface area contributed by atoms with Gasteiger partial charge < -0.3 is 0 Å². The van der Waals surface area contributed by atoms with Crippen LogP contribution in [-0.4, -0.2) is 0 Å². The monoisotopic (exact) mass is 238 g/mol. The van der Waals surface area contributed by atoms with Crippen LogP contribution in [0, 0.1) is 17.8 Å². The molecule has 0 amide bonds. The zero-order valence-corrected chi connectivity index (χ0v) is 11.0. The van der Waals surface area contributed by atoms with Crippen LogP contribution in [0.15, 0.2) is 54.6 Å². The first-order valence-corrected chi connectivity index (χ1v) is 7.31. The summed E-state index contributed by atoms with van der Waals surface area (Å²) in [5, 5.41) is 0. The van der Waals surface area contributed by atoms with E-state index in [4.69, 9.17) is 0 Å². The minimum Gasteiger partial charge on any atom is -0.0808 e. The fraction of sp³-hybridized carbons (Fsp3) is 0.444. The zero-order chi connectivity index (χ0) is 12.2. The van der Waals surface area contributed by atoms with Crippen molar-refractivity contribution >= 4 is 0 Å². The Morgan fingerprint density at radius 1 is 0.889 bits per heavy atom. The highest BCUT2D eigenvalue weighted by Gasteiger charge is 2.31. The second kappa shape index (κ2) is 5.56. The predicted octanol–water partition coefficient (Wildman–Crippen LogP) is 4.78. The maximum absolute atomic E-state index is 2.42. The second-order valence-electron chi connectivity index (χ2n) is 5.81. The molecular weight excluding hydrogens is 216 g/mol. The Labute approximate surface area is 110 Å². The Kier molecular flexibility index (Phi) is 3.64. The molecule has 0 saturated heterocycles. The normalized spacial score (nSPS) is 29.4. The van der Waals surface area contributed by atoms with Crippen LogP contribution in [0.2, 0.25) is 0 Å². The first kappa shape index (κ1) is 11.8. The number of hydrogen-bond donors (Lipinski definition) is 0. The van der Waals surface area contributed by atoms with Gasteiger partial charge in [-0.3, -0.25) is 0 Å². The third-order valence-corrected chi connectivity index (χ3v) is 4.51. The van der Waals surface area contributed by atoms with Crippen LogP contribution in [0.5, 0.6) is 0 Å². The lowest BCUT2D eigenvalue weighted by molar-refractivity contribution is 0.470. The summed E-state index contributed by atoms with van der Waals surface area (Å²) < 4.78 is 0. The topological polar surface area (TPSA) is 0 Å². The van der Waals surface area contributed by atoms with Crippen molar-refractivity contribution in [3.63, 3.8) is 0 Å². The molecular formula is C18H22. The largest absolute Gasteiger partial charge is 0.0808 e. The lowest BCUT2D eigenvalue weighted by Gasteiger charge is -2.13. The fourth-order valence-electron chi connectivity index (χ4n) is 3.55. The van der Waals surface area contributed by atoms with E-state index in [9.17, 15) is 0 Å². The number of allylic oxidation sites excluding steroid dienone is 4. The molecule has 0 nitrogen and oxygen atoms in total. The van der Waals surface area contributed by atoms with Gasteiger partial charge in [-0.1, -0.05) is 61.1 Å². The van der Waals surface area contributed by atoms with Crippen LogP contribution < -0.4 is 0 Å². The molecule has 2 atom stereocenters. The Morgan fingerprint density at radius 2 is 1.56 bits per heavy atom. The van der Waals surface area contributed by atoms with Gasteiger partial charge in [0, 0.05) is 0 Å². The van der Waals surface area contributed by atoms with Crippen molar-refractivity contribution < 1.29 is 0 Å². The van der Waals surface area contributed by atoms with E-state index >= 15 is 0 Å². The molecule has 1 aromatic carbocycles. The summed E-state index contributed by atoms with van der Waals surface area (Å²) in [6, 6.07) is 10.9. The molecule has 2 unspecified atom stereocenters. The summed E-state index contributed by atoms with van der Waals surface area (Å²) in [6.07, 6.45) is 16.1. The van der Waals surface area contributed by atoms with Gasteiger partial charge in [0.15, 0.2) is 0 Å². The van der Waals surface area contributed by atoms with Gasteiger partial charge in [0.1, 0.15) is 0 Å². The molecule has 2 aliphatic rings. The van der Waals surface area contributed by atoms with Gasteiger partial charge in [0.05, 0.1) is 0 Å². The van der Waals surface area contributed by atoms with Gasteiger partial charge in [0.25, 0.3) is 0 Å². The number of fused-ring (bicyclic) bond motifs is 1. The lowest BCUT2D eigenvalue weighted by Crippen LogP contribution is -2.03. The van der Waals surface area contributed by atoms with Crippen LogP contribution in [0.3, 0.4) is 0 Å². The summed E-state index contributed by atoms with van der Waals surface area (Å²) in [4.78, 5) is 0. The summed E-state index contributed by atoms with van der Waals surface area (Å²) in [5.41, 5.74) is 1.49. The SMILES string of the molecule is C1=CC2CC(CCCc3ccccc3)CC2C=C1. The van der Waals surface area contributed by atoms with Crippen molar-refractivity contribution in [2.75, 3.05) is 0 Å². The van der Waals surface area contributed by atoms with Crippen LogP contribution in [0.25, 0.3) is 0 Å². The molecule has 3 rings (SSSR count). The van der Waals surface area contributed by atoms with E-state index in [0.29, 0.717) is 0 Å². The summed E-state index contributed by atoms with van der Waals surface area (Å²) in [7, 11) is 0. The molecule has 1 fully saturated rings. The average Bonchev–Trinajstić information content (AvgIpc) is 2.82. The van der Waals surface area contributed by atoms with E-state index in [1.165, 1.54) is 37.7 Å². The molecule has 1 saturated carbocycles. The molecule has 18 heavy (non-hydrogen) atoms. The molecule has 0 radical (unpaired) electrons. The zero-order valence-electron chi connectivity index (χ0n) is 11.0. The van der Waals surface area contributed by atoms with Crippen molar-refractivity contribution in [1.82, 2.24) is 0 Å². The Bertz CT molecular complexity index is 407. The molecule has 0 spiro atoms. The Hall–Kier alpha value is -1.30. The summed E-state index contributed by atoms with van der Waals surface area (Å²) in [5.74, 6) is 2.64. The van der Waals surface area contributed by atoms with E-state index in [2.05, 4.69) is 54.6 Å². The van der Waals surface area contributed by atoms with E-state index in [1.807, 2.05) is 0 Å². The van der Waals surface area contributed by atoms with Crippen LogP contribution in [-0.2, 0) is 6.42 Å². The van der Waals surface area contributed by atoms with Gasteiger partial charge in [-0.25, -0.2) is 0 Å². The number of rotatable bonds is 4. The summed E-state index contributed by atoms with van der Waals surface area (Å²) >= 11 is 0. The molecule has 0 aliphatic heterocycles. The number of aryl methyl sites for hydroxylation is 1. The van der Waals surface area contributed by atoms with Crippen molar-refractivity contribution in [2.45, 2.75) is 32.1 Å². The average molecular weight is 238 g/mol. The smallest absolute Gasteiger partial charge is 0.0165 e. The van der Waals surface area contributed by atoms with Crippen molar-refractivity contribution in [3.8, 4) is 0 Å². The van der Waals surface area contributed by atoms with Gasteiger partial charge >= 0.3 is 0 Å². The van der Waals surface area contributed by atoms with Gasteiger partial charge in [0.2, 0.25) is 0 Å². The lowest BCUT2D eigenvalue weighted by atomic mass is 9.92. The third kappa shape index (κ3) is 2.75. The fourth-order valence-corrected chi connectivity index (χ4v) is 3.55. The first-order chi connectivity index (χ1) is 8.92. The molecule has 0 heterocycles. The second-order valence-corrected chi connectivity index (χ2v) is 5.81. The van der Waals surface area contributed by atoms with Gasteiger partial charge in [-0.05, 0) is 49.0 Å². The highest BCUT2D eigenvalue weighted by molar-refractivity contribution is 5.17. The quantitative estimate of drug-likeness (QED) is 0.708. The van der Waals surface area contributed by atoms with E-state index < -0.39 is 0 Å². The standard InChI is InChI=1S/C18H22/c1-2-7-15(8-3-1)9-6-10-16-13-17-11-4-5-12-18(17)14-16/h1-5,7-8,11-12,16-18H,6,9-10,13-14H2. The van der Waals surface area contributed by atoms with E-state index in [1.54, 1.807) is 0 Å². The van der Waals surface area contributed by atoms with Crippen molar-refractivity contribution in [3.05, 3.63) is 60.2 Å². The molecule has 0 N–H and O–H groups in total. The van der Waals surface area contributed by atoms with Gasteiger partial charge in [-0.2, -0.15) is 0 Å². The highest BCUT2D eigenvalue weighted by atomic mass is 14.4. The van der Waals surface area contributed by atoms with Crippen molar-refractivity contribution in [1.29, 1.82) is 0 Å². The minimum atomic E-state index is 0.844. The molecule has 0 aromatic heterocycles. The highest BCUT2D eigenvalue weighted by Crippen LogP contribution is 2.41. The number of hydrogen-bond acceptors (Lipinski definition) is 0. The molecule has 1 aromatic rings. The Morgan fingerprint density at radius 3 is 2.22 bits per heavy atom. The predicted molar refractivity (Wildman–Crippen MR) is 77.4 cm³/mol. The van der Waals surface area contributed by atoms with E-state index in [-0.39, 0.29) is 0 Å². The molecule has 0 bridgehead atoms. The van der Waals surface area contributed by atoms with Crippen LogP contribution in [0.4, 0.5) is 0 Å². The van der Waals surface area contributed by atoms with Crippen LogP contribution in [0.1, 0.15) is 31.2 Å². The minimum absolute atomic E-state index is 0.844. The number of benzene rings is 1. The summed E-state index contributed by atoms with van der Waals surface area (Å²) in [6.45, 7) is 0. The maximum Gasteiger partial charge on any atom is -0.0165 e. The Balaban J connectivity index is 1.45. The maximum atomic E-state index is 2.42. The molecule has 94 valence electrons. The van der Waals surface area contributed by atoms with E-state index in [0.717, 1.165) is 17.8 Å². The third-order valence-electron chi connectivity index (χ3n) is 4.51. The van der Waals surface area contributed by atoms with Crippen LogP contribution >= 0.6 is 0 Å².